The van der Waals surface area contributed by atoms with E-state index in [1.165, 1.54) is 7.11 Å². The zero-order chi connectivity index (χ0) is 16.4. The van der Waals surface area contributed by atoms with Gasteiger partial charge in [0.05, 0.1) is 18.7 Å². The number of hydrogen-bond donors (Lipinski definition) is 0. The zero-order valence-electron chi connectivity index (χ0n) is 13.1. The number of rotatable bonds is 2. The molecule has 0 fully saturated rings. The first-order valence-electron chi connectivity index (χ1n) is 7.38. The van der Waals surface area contributed by atoms with Gasteiger partial charge < -0.3 is 9.47 Å². The molecule has 0 bridgehead atoms. The van der Waals surface area contributed by atoms with Crippen LogP contribution in [0, 0.1) is 0 Å². The maximum atomic E-state index is 11.7. The largest absolute Gasteiger partial charge is 0.491 e. The summed E-state index contributed by atoms with van der Waals surface area (Å²) < 4.78 is 10.7. The van der Waals surface area contributed by atoms with Crippen molar-refractivity contribution >= 4 is 17.6 Å². The Morgan fingerprint density at radius 1 is 1.30 bits per heavy atom. The topological polar surface area (TPSA) is 38.8 Å². The third-order valence-electron chi connectivity index (χ3n) is 4.07. The van der Waals surface area contributed by atoms with Crippen LogP contribution >= 0.6 is 11.6 Å². The molecule has 1 aliphatic rings. The van der Waals surface area contributed by atoms with Crippen LogP contribution in [0.15, 0.2) is 42.5 Å². The number of fused-ring (bicyclic) bond motifs is 1. The molecule has 1 aliphatic heterocycles. The van der Waals surface area contributed by atoms with Gasteiger partial charge in [0, 0.05) is 17.1 Å². The SMILES string of the molecule is COC(=O)c1ccc2c(c1)OCC(c1cccc(Cl)c1)N(C)C2. The van der Waals surface area contributed by atoms with Gasteiger partial charge in [-0.05, 0) is 36.9 Å². The molecular formula is C18H18ClNO3. The quantitative estimate of drug-likeness (QED) is 0.787. The lowest BCUT2D eigenvalue weighted by molar-refractivity contribution is 0.0600. The Morgan fingerprint density at radius 2 is 2.13 bits per heavy atom. The summed E-state index contributed by atoms with van der Waals surface area (Å²) in [5.41, 5.74) is 2.65. The van der Waals surface area contributed by atoms with E-state index in [4.69, 9.17) is 21.1 Å². The van der Waals surface area contributed by atoms with Gasteiger partial charge in [-0.15, -0.1) is 0 Å². The van der Waals surface area contributed by atoms with Gasteiger partial charge in [-0.2, -0.15) is 0 Å². The second-order valence-corrected chi connectivity index (χ2v) is 6.05. The number of carbonyl (C=O) groups excluding carboxylic acids is 1. The Labute approximate surface area is 140 Å². The molecule has 0 radical (unpaired) electrons. The highest BCUT2D eigenvalue weighted by atomic mass is 35.5. The summed E-state index contributed by atoms with van der Waals surface area (Å²) in [6.07, 6.45) is 0. The van der Waals surface area contributed by atoms with Crippen molar-refractivity contribution < 1.29 is 14.3 Å². The van der Waals surface area contributed by atoms with Crippen LogP contribution in [0.3, 0.4) is 0 Å². The number of likely N-dealkylation sites (N-methyl/N-ethyl adjacent to an activating group) is 1. The summed E-state index contributed by atoms with van der Waals surface area (Å²) in [4.78, 5) is 13.9. The van der Waals surface area contributed by atoms with Crippen molar-refractivity contribution in [2.45, 2.75) is 12.6 Å². The fraction of sp³-hybridized carbons (Fsp3) is 0.278. The van der Waals surface area contributed by atoms with Gasteiger partial charge >= 0.3 is 5.97 Å². The average Bonchev–Trinajstić information content (AvgIpc) is 2.71. The van der Waals surface area contributed by atoms with Crippen LogP contribution in [0.4, 0.5) is 0 Å². The van der Waals surface area contributed by atoms with Gasteiger partial charge in [0.1, 0.15) is 12.4 Å². The fourth-order valence-corrected chi connectivity index (χ4v) is 3.00. The standard InChI is InChI=1S/C18H18ClNO3/c1-20-10-14-7-6-13(18(21)22-2)9-17(14)23-11-16(20)12-4-3-5-15(19)8-12/h3-9,16H,10-11H2,1-2H3. The van der Waals surface area contributed by atoms with E-state index in [9.17, 15) is 4.79 Å². The molecule has 1 unspecified atom stereocenters. The van der Waals surface area contributed by atoms with Crippen LogP contribution < -0.4 is 4.74 Å². The monoisotopic (exact) mass is 331 g/mol. The second-order valence-electron chi connectivity index (χ2n) is 5.61. The van der Waals surface area contributed by atoms with E-state index in [1.807, 2.05) is 30.3 Å². The summed E-state index contributed by atoms with van der Waals surface area (Å²) in [7, 11) is 3.43. The Hall–Kier alpha value is -2.04. The van der Waals surface area contributed by atoms with Gasteiger partial charge in [-0.3, -0.25) is 4.90 Å². The van der Waals surface area contributed by atoms with Crippen molar-refractivity contribution in [3.8, 4) is 5.75 Å². The van der Waals surface area contributed by atoms with Crippen molar-refractivity contribution in [1.29, 1.82) is 0 Å². The zero-order valence-corrected chi connectivity index (χ0v) is 13.8. The predicted molar refractivity (Wildman–Crippen MR) is 88.9 cm³/mol. The van der Waals surface area contributed by atoms with Gasteiger partial charge in [0.2, 0.25) is 0 Å². The molecule has 0 saturated carbocycles. The molecule has 0 saturated heterocycles. The van der Waals surface area contributed by atoms with Crippen molar-refractivity contribution in [3.63, 3.8) is 0 Å². The van der Waals surface area contributed by atoms with Gasteiger partial charge in [-0.25, -0.2) is 4.79 Å². The van der Waals surface area contributed by atoms with Gasteiger partial charge in [-0.1, -0.05) is 29.8 Å². The maximum Gasteiger partial charge on any atom is 0.337 e. The number of benzene rings is 2. The molecule has 2 aromatic carbocycles. The molecule has 1 atom stereocenters. The van der Waals surface area contributed by atoms with E-state index in [0.717, 1.165) is 23.4 Å². The molecule has 120 valence electrons. The number of methoxy groups -OCH3 is 1. The van der Waals surface area contributed by atoms with Crippen LogP contribution in [0.1, 0.15) is 27.5 Å². The summed E-state index contributed by atoms with van der Waals surface area (Å²) in [5, 5.41) is 0.714. The van der Waals surface area contributed by atoms with Crippen molar-refractivity contribution in [1.82, 2.24) is 4.90 Å². The molecule has 0 N–H and O–H groups in total. The number of nitrogens with zero attached hydrogens (tertiary/aromatic N) is 1. The van der Waals surface area contributed by atoms with Crippen molar-refractivity contribution in [2.24, 2.45) is 0 Å². The number of hydrogen-bond acceptors (Lipinski definition) is 4. The molecule has 2 aromatic rings. The molecule has 0 aromatic heterocycles. The number of ether oxygens (including phenoxy) is 2. The van der Waals surface area contributed by atoms with Crippen molar-refractivity contribution in [2.75, 3.05) is 20.8 Å². The molecular weight excluding hydrogens is 314 g/mol. The van der Waals surface area contributed by atoms with Crippen LogP contribution in [0.2, 0.25) is 5.02 Å². The summed E-state index contributed by atoms with van der Waals surface area (Å²) in [5.74, 6) is 0.365. The van der Waals surface area contributed by atoms with Gasteiger partial charge in [0.15, 0.2) is 0 Å². The summed E-state index contributed by atoms with van der Waals surface area (Å²) >= 11 is 6.10. The summed E-state index contributed by atoms with van der Waals surface area (Å²) in [6.45, 7) is 1.22. The Bertz CT molecular complexity index is 732. The highest BCUT2D eigenvalue weighted by Crippen LogP contribution is 2.32. The molecule has 0 aliphatic carbocycles. The number of esters is 1. The normalized spacial score (nSPS) is 17.8. The Morgan fingerprint density at radius 3 is 2.87 bits per heavy atom. The minimum atomic E-state index is -0.361. The highest BCUT2D eigenvalue weighted by Gasteiger charge is 2.24. The van der Waals surface area contributed by atoms with E-state index in [2.05, 4.69) is 11.9 Å². The minimum absolute atomic E-state index is 0.0997. The maximum absolute atomic E-state index is 11.7. The molecule has 3 rings (SSSR count). The smallest absolute Gasteiger partial charge is 0.337 e. The van der Waals surface area contributed by atoms with E-state index in [1.54, 1.807) is 12.1 Å². The first-order chi connectivity index (χ1) is 11.1. The molecule has 0 amide bonds. The highest BCUT2D eigenvalue weighted by molar-refractivity contribution is 6.30. The lowest BCUT2D eigenvalue weighted by Crippen LogP contribution is -2.26. The Kier molecular flexibility index (Phi) is 4.55. The minimum Gasteiger partial charge on any atom is -0.491 e. The van der Waals surface area contributed by atoms with Crippen LogP contribution in [-0.4, -0.2) is 31.6 Å². The van der Waals surface area contributed by atoms with E-state index in [-0.39, 0.29) is 12.0 Å². The van der Waals surface area contributed by atoms with E-state index in [0.29, 0.717) is 17.2 Å². The molecule has 23 heavy (non-hydrogen) atoms. The van der Waals surface area contributed by atoms with Crippen LogP contribution in [-0.2, 0) is 11.3 Å². The van der Waals surface area contributed by atoms with Crippen molar-refractivity contribution in [3.05, 3.63) is 64.2 Å². The molecule has 1 heterocycles. The third kappa shape index (κ3) is 3.33. The summed E-state index contributed by atoms with van der Waals surface area (Å²) in [6, 6.07) is 13.3. The molecule has 0 spiro atoms. The fourth-order valence-electron chi connectivity index (χ4n) is 2.80. The predicted octanol–water partition coefficient (Wildman–Crippen LogP) is 3.69. The molecule has 4 nitrogen and oxygen atoms in total. The van der Waals surface area contributed by atoms with E-state index < -0.39 is 0 Å². The van der Waals surface area contributed by atoms with Crippen LogP contribution in [0.25, 0.3) is 0 Å². The van der Waals surface area contributed by atoms with Crippen LogP contribution in [0.5, 0.6) is 5.75 Å². The molecule has 5 heteroatoms. The van der Waals surface area contributed by atoms with Gasteiger partial charge in [0.25, 0.3) is 0 Å². The number of halogens is 1. The number of carbonyl (C=O) groups is 1. The van der Waals surface area contributed by atoms with E-state index >= 15 is 0 Å². The first-order valence-corrected chi connectivity index (χ1v) is 7.76. The Balaban J connectivity index is 1.88. The lowest BCUT2D eigenvalue weighted by atomic mass is 10.1. The second kappa shape index (κ2) is 6.60. The average molecular weight is 332 g/mol. The first kappa shape index (κ1) is 15.8. The lowest BCUT2D eigenvalue weighted by Gasteiger charge is -2.25. The third-order valence-corrected chi connectivity index (χ3v) is 4.31.